The van der Waals surface area contributed by atoms with Crippen LogP contribution in [0.2, 0.25) is 0 Å². The zero-order chi connectivity index (χ0) is 32.6. The third kappa shape index (κ3) is 6.49. The summed E-state index contributed by atoms with van der Waals surface area (Å²) in [5.74, 6) is 1.57. The zero-order valence-electron chi connectivity index (χ0n) is 27.6. The molecule has 0 saturated carbocycles. The third-order valence-electron chi connectivity index (χ3n) is 7.56. The third-order valence-corrected chi connectivity index (χ3v) is 8.31. The molecule has 3 aromatic heterocycles. The van der Waals surface area contributed by atoms with Gasteiger partial charge in [-0.3, -0.25) is 0 Å². The van der Waals surface area contributed by atoms with Gasteiger partial charge in [-0.05, 0) is 82.3 Å². The molecule has 5 aromatic rings. The molecule has 0 spiro atoms. The quantitative estimate of drug-likeness (QED) is 0.176. The van der Waals surface area contributed by atoms with Crippen LogP contribution in [0.3, 0.4) is 0 Å². The van der Waals surface area contributed by atoms with Gasteiger partial charge in [0, 0.05) is 28.4 Å². The van der Waals surface area contributed by atoms with Crippen LogP contribution < -0.4 is 10.6 Å². The number of nitrogens with one attached hydrogen (secondary N) is 2. The molecule has 5 rings (SSSR count). The van der Waals surface area contributed by atoms with E-state index in [0.717, 1.165) is 39.2 Å². The van der Waals surface area contributed by atoms with Crippen molar-refractivity contribution in [1.82, 2.24) is 19.7 Å². The van der Waals surface area contributed by atoms with Crippen molar-refractivity contribution in [1.29, 1.82) is 5.26 Å². The number of thiazole rings is 1. The first-order valence-electron chi connectivity index (χ1n) is 14.8. The van der Waals surface area contributed by atoms with Crippen LogP contribution in [0.5, 0.6) is 0 Å². The van der Waals surface area contributed by atoms with E-state index in [-0.39, 0.29) is 5.41 Å². The largest absolute Gasteiger partial charge is 0.340 e. The summed E-state index contributed by atoms with van der Waals surface area (Å²) in [6.07, 6.45) is 1.71. The second-order valence-electron chi connectivity index (χ2n) is 12.7. The maximum atomic E-state index is 10.2. The number of pyridine rings is 1. The molecule has 0 aliphatic heterocycles. The molecular formula is C35H39N9S. The number of azo groups is 1. The molecule has 0 bridgehead atoms. The number of benzene rings is 2. The van der Waals surface area contributed by atoms with E-state index in [4.69, 9.17) is 15.2 Å². The molecule has 0 aliphatic carbocycles. The molecular weight excluding hydrogens is 579 g/mol. The predicted octanol–water partition coefficient (Wildman–Crippen LogP) is 9.95. The van der Waals surface area contributed by atoms with Gasteiger partial charge in [-0.15, -0.1) is 21.6 Å². The number of hydrogen-bond donors (Lipinski definition) is 2. The molecule has 10 heteroatoms. The molecule has 0 amide bonds. The summed E-state index contributed by atoms with van der Waals surface area (Å²) in [4.78, 5) is 9.47. The normalized spacial score (nSPS) is 11.7. The Labute approximate surface area is 269 Å². The highest BCUT2D eigenvalue weighted by Gasteiger charge is 2.28. The van der Waals surface area contributed by atoms with Crippen LogP contribution in [0.4, 0.5) is 34.5 Å². The van der Waals surface area contributed by atoms with E-state index in [1.165, 1.54) is 22.5 Å². The number of rotatable bonds is 7. The van der Waals surface area contributed by atoms with Crippen molar-refractivity contribution in [2.24, 2.45) is 10.2 Å². The van der Waals surface area contributed by atoms with Gasteiger partial charge in [-0.1, -0.05) is 56.2 Å². The number of nitrogens with zero attached hydrogens (tertiary/aromatic N) is 7. The minimum Gasteiger partial charge on any atom is -0.340 e. The van der Waals surface area contributed by atoms with Crippen LogP contribution in [0.25, 0.3) is 5.13 Å². The Bertz CT molecular complexity index is 1920. The van der Waals surface area contributed by atoms with Crippen molar-refractivity contribution in [3.05, 3.63) is 92.1 Å². The van der Waals surface area contributed by atoms with Crippen molar-refractivity contribution in [2.45, 2.75) is 74.7 Å². The summed E-state index contributed by atoms with van der Waals surface area (Å²) in [5, 5.41) is 34.1. The lowest BCUT2D eigenvalue weighted by Crippen LogP contribution is -2.14. The Kier molecular flexibility index (Phi) is 8.59. The van der Waals surface area contributed by atoms with E-state index in [0.29, 0.717) is 39.5 Å². The van der Waals surface area contributed by atoms with Crippen LogP contribution in [-0.4, -0.2) is 19.7 Å². The number of aryl methyl sites for hydroxylation is 7. The summed E-state index contributed by atoms with van der Waals surface area (Å²) >= 11 is 1.42. The van der Waals surface area contributed by atoms with Gasteiger partial charge in [-0.25, -0.2) is 9.97 Å². The fourth-order valence-corrected chi connectivity index (χ4v) is 6.22. The number of nitriles is 1. The lowest BCUT2D eigenvalue weighted by Gasteiger charge is -2.18. The zero-order valence-corrected chi connectivity index (χ0v) is 28.4. The van der Waals surface area contributed by atoms with E-state index >= 15 is 0 Å². The Morgan fingerprint density at radius 2 is 1.38 bits per heavy atom. The molecule has 3 heterocycles. The first-order chi connectivity index (χ1) is 21.3. The lowest BCUT2D eigenvalue weighted by molar-refractivity contribution is 0.559. The van der Waals surface area contributed by atoms with Gasteiger partial charge < -0.3 is 10.6 Å². The summed E-state index contributed by atoms with van der Waals surface area (Å²) < 4.78 is 1.61. The number of anilines is 4. The van der Waals surface area contributed by atoms with Gasteiger partial charge in [-0.2, -0.15) is 15.0 Å². The van der Waals surface area contributed by atoms with Crippen LogP contribution in [-0.2, 0) is 5.41 Å². The Morgan fingerprint density at radius 3 is 1.89 bits per heavy atom. The minimum absolute atomic E-state index is 0.332. The van der Waals surface area contributed by atoms with E-state index in [9.17, 15) is 5.26 Å². The Hall–Kier alpha value is -4.88. The number of aromatic nitrogens is 4. The fraction of sp³-hybridized carbons (Fsp3) is 0.314. The SMILES string of the molecule is Cc1cc(C)c(Nc2cc(C)c(N=Nc3c(C#N)c(C(C)(C)C)nn3-c3nccs3)c(Nc3c(C)cc(C)cc3C)n2)c(C)c1. The standard InChI is InChI=1S/C35H39N9S/c1-19-13-21(3)28(22(4)14-19)38-27-17-25(7)30(32(39-27)40-29-23(5)15-20(2)16-24(29)6)41-42-33-26(18-36)31(35(8,9)10)43-44(33)34-37-11-12-45-34/h11-17H,1-10H3,(H2,38,39,40). The van der Waals surface area contributed by atoms with E-state index < -0.39 is 0 Å². The maximum Gasteiger partial charge on any atom is 0.212 e. The lowest BCUT2D eigenvalue weighted by atomic mass is 9.90. The second-order valence-corrected chi connectivity index (χ2v) is 13.5. The molecule has 9 nitrogen and oxygen atoms in total. The molecule has 230 valence electrons. The molecule has 0 fully saturated rings. The van der Waals surface area contributed by atoms with Gasteiger partial charge >= 0.3 is 0 Å². The van der Waals surface area contributed by atoms with Crippen molar-refractivity contribution in [3.63, 3.8) is 0 Å². The first-order valence-corrected chi connectivity index (χ1v) is 15.7. The van der Waals surface area contributed by atoms with Crippen LogP contribution in [0.15, 0.2) is 52.1 Å². The first kappa shape index (κ1) is 31.5. The Morgan fingerprint density at radius 1 is 0.800 bits per heavy atom. The molecule has 2 aromatic carbocycles. The van der Waals surface area contributed by atoms with Gasteiger partial charge in [0.2, 0.25) is 5.13 Å². The summed E-state index contributed by atoms with van der Waals surface area (Å²) in [6, 6.07) is 12.9. The maximum absolute atomic E-state index is 10.2. The smallest absolute Gasteiger partial charge is 0.212 e. The fourth-order valence-electron chi connectivity index (χ4n) is 5.62. The van der Waals surface area contributed by atoms with E-state index in [2.05, 4.69) is 92.6 Å². The van der Waals surface area contributed by atoms with Gasteiger partial charge in [0.15, 0.2) is 11.6 Å². The van der Waals surface area contributed by atoms with Crippen LogP contribution in [0, 0.1) is 59.8 Å². The molecule has 0 unspecified atom stereocenters. The molecule has 0 aliphatic rings. The highest BCUT2D eigenvalue weighted by molar-refractivity contribution is 7.12. The Balaban J connectivity index is 1.68. The highest BCUT2D eigenvalue weighted by Crippen LogP contribution is 2.39. The molecule has 2 N–H and O–H groups in total. The summed E-state index contributed by atoms with van der Waals surface area (Å²) in [6.45, 7) is 20.6. The van der Waals surface area contributed by atoms with Crippen molar-refractivity contribution in [3.8, 4) is 11.2 Å². The summed E-state index contributed by atoms with van der Waals surface area (Å²) in [7, 11) is 0. The average molecular weight is 618 g/mol. The molecule has 0 saturated heterocycles. The highest BCUT2D eigenvalue weighted by atomic mass is 32.1. The van der Waals surface area contributed by atoms with E-state index in [1.807, 2.05) is 39.1 Å². The molecule has 0 atom stereocenters. The summed E-state index contributed by atoms with van der Waals surface area (Å²) in [5.41, 5.74) is 10.9. The van der Waals surface area contributed by atoms with Crippen LogP contribution >= 0.6 is 11.3 Å². The predicted molar refractivity (Wildman–Crippen MR) is 184 cm³/mol. The van der Waals surface area contributed by atoms with Gasteiger partial charge in [0.05, 0.1) is 5.69 Å². The van der Waals surface area contributed by atoms with Crippen molar-refractivity contribution < 1.29 is 0 Å². The number of hydrogen-bond acceptors (Lipinski definition) is 9. The average Bonchev–Trinajstić information content (AvgIpc) is 3.60. The van der Waals surface area contributed by atoms with Gasteiger partial charge in [0.1, 0.15) is 23.1 Å². The van der Waals surface area contributed by atoms with Gasteiger partial charge in [0.25, 0.3) is 0 Å². The molecule has 45 heavy (non-hydrogen) atoms. The van der Waals surface area contributed by atoms with Crippen LogP contribution in [0.1, 0.15) is 71.0 Å². The topological polar surface area (TPSA) is 116 Å². The second kappa shape index (κ2) is 12.3. The van der Waals surface area contributed by atoms with Crippen molar-refractivity contribution in [2.75, 3.05) is 10.6 Å². The van der Waals surface area contributed by atoms with E-state index in [1.54, 1.807) is 10.9 Å². The minimum atomic E-state index is -0.387. The monoisotopic (exact) mass is 617 g/mol. The molecule has 0 radical (unpaired) electrons. The van der Waals surface area contributed by atoms with Crippen molar-refractivity contribution >= 4 is 45.9 Å².